The summed E-state index contributed by atoms with van der Waals surface area (Å²) in [6, 6.07) is 0. The third kappa shape index (κ3) is 4.42. The van der Waals surface area contributed by atoms with E-state index in [0.29, 0.717) is 18.8 Å². The Morgan fingerprint density at radius 1 is 1.11 bits per heavy atom. The molecule has 0 saturated carbocycles. The van der Waals surface area contributed by atoms with Crippen molar-refractivity contribution in [1.29, 1.82) is 0 Å². The smallest absolute Gasteiger partial charge is 0.212 e. The maximum absolute atomic E-state index is 12.2. The quantitative estimate of drug-likeness (QED) is 0.783. The van der Waals surface area contributed by atoms with Crippen LogP contribution in [0.3, 0.4) is 0 Å². The monoisotopic (exact) mass is 287 g/mol. The molecule has 0 aliphatic carbocycles. The van der Waals surface area contributed by atoms with Crippen molar-refractivity contribution in [2.75, 3.05) is 18.8 Å². The van der Waals surface area contributed by atoms with Crippen LogP contribution in [0.1, 0.15) is 33.6 Å². The van der Waals surface area contributed by atoms with Gasteiger partial charge in [-0.2, -0.15) is 13.2 Å². The van der Waals surface area contributed by atoms with Crippen LogP contribution >= 0.6 is 0 Å². The largest absolute Gasteiger partial charge is 0.404 e. The molecule has 108 valence electrons. The summed E-state index contributed by atoms with van der Waals surface area (Å²) in [6.07, 6.45) is -3.42. The van der Waals surface area contributed by atoms with Gasteiger partial charge in [0.25, 0.3) is 0 Å². The molecule has 0 spiro atoms. The predicted molar refractivity (Wildman–Crippen MR) is 63.6 cm³/mol. The Hall–Kier alpha value is -0.300. The highest BCUT2D eigenvalue weighted by Gasteiger charge is 2.40. The minimum atomic E-state index is -4.67. The van der Waals surface area contributed by atoms with E-state index in [2.05, 4.69) is 20.8 Å². The molecule has 1 saturated heterocycles. The first-order valence-corrected chi connectivity index (χ1v) is 7.57. The molecule has 1 aliphatic rings. The lowest BCUT2D eigenvalue weighted by Gasteiger charge is -2.38. The molecule has 0 unspecified atom stereocenters. The molecule has 1 heterocycles. The number of alkyl halides is 3. The van der Waals surface area contributed by atoms with Gasteiger partial charge in [0.1, 0.15) is 0 Å². The topological polar surface area (TPSA) is 37.4 Å². The predicted octanol–water partition coefficient (Wildman–Crippen LogP) is 2.64. The zero-order valence-electron chi connectivity index (χ0n) is 10.9. The second-order valence-electron chi connectivity index (χ2n) is 5.91. The fourth-order valence-corrected chi connectivity index (χ4v) is 3.66. The molecule has 0 atom stereocenters. The van der Waals surface area contributed by atoms with Crippen molar-refractivity contribution >= 4 is 10.0 Å². The number of sulfonamides is 1. The molecular weight excluding hydrogens is 267 g/mol. The zero-order chi connectivity index (χ0) is 14.2. The van der Waals surface area contributed by atoms with Crippen LogP contribution in [0, 0.1) is 11.3 Å². The second-order valence-corrected chi connectivity index (χ2v) is 7.88. The van der Waals surface area contributed by atoms with Gasteiger partial charge in [0, 0.05) is 13.1 Å². The minimum Gasteiger partial charge on any atom is -0.212 e. The molecule has 0 N–H and O–H groups in total. The standard InChI is InChI=1S/C11H20F3NO2S/c1-10(2,3)9-4-6-15(7-5-9)18(16,17)8-11(12,13)14/h9H,4-8H2,1-3H3. The average molecular weight is 287 g/mol. The summed E-state index contributed by atoms with van der Waals surface area (Å²) >= 11 is 0. The first-order chi connectivity index (χ1) is 7.92. The number of piperidine rings is 1. The molecule has 0 radical (unpaired) electrons. The van der Waals surface area contributed by atoms with Crippen LogP contribution in [0.5, 0.6) is 0 Å². The fraction of sp³-hybridized carbons (Fsp3) is 1.00. The first kappa shape index (κ1) is 15.8. The SMILES string of the molecule is CC(C)(C)C1CCN(S(=O)(=O)CC(F)(F)F)CC1. The number of nitrogens with zero attached hydrogens (tertiary/aromatic N) is 1. The minimum absolute atomic E-state index is 0.0693. The van der Waals surface area contributed by atoms with Gasteiger partial charge in [-0.1, -0.05) is 20.8 Å². The molecule has 0 aromatic carbocycles. The number of hydrogen-bond acceptors (Lipinski definition) is 2. The Morgan fingerprint density at radius 2 is 1.56 bits per heavy atom. The fourth-order valence-electron chi connectivity index (χ4n) is 2.30. The van der Waals surface area contributed by atoms with E-state index in [-0.39, 0.29) is 18.5 Å². The van der Waals surface area contributed by atoms with E-state index in [0.717, 1.165) is 4.31 Å². The van der Waals surface area contributed by atoms with E-state index in [4.69, 9.17) is 0 Å². The highest BCUT2D eigenvalue weighted by atomic mass is 32.2. The van der Waals surface area contributed by atoms with Crippen molar-refractivity contribution in [3.8, 4) is 0 Å². The molecule has 1 aliphatic heterocycles. The van der Waals surface area contributed by atoms with Gasteiger partial charge in [0.05, 0.1) is 0 Å². The van der Waals surface area contributed by atoms with Crippen LogP contribution in [0.2, 0.25) is 0 Å². The van der Waals surface area contributed by atoms with Crippen molar-refractivity contribution in [1.82, 2.24) is 4.31 Å². The van der Waals surface area contributed by atoms with Crippen molar-refractivity contribution in [3.05, 3.63) is 0 Å². The van der Waals surface area contributed by atoms with Crippen LogP contribution in [0.25, 0.3) is 0 Å². The average Bonchev–Trinajstić information content (AvgIpc) is 2.13. The highest BCUT2D eigenvalue weighted by Crippen LogP contribution is 2.35. The van der Waals surface area contributed by atoms with Gasteiger partial charge in [0.15, 0.2) is 5.75 Å². The van der Waals surface area contributed by atoms with Crippen LogP contribution in [-0.2, 0) is 10.0 Å². The molecule has 18 heavy (non-hydrogen) atoms. The van der Waals surface area contributed by atoms with Crippen LogP contribution < -0.4 is 0 Å². The summed E-state index contributed by atoms with van der Waals surface area (Å²) in [5.41, 5.74) is 0.0693. The third-order valence-electron chi connectivity index (χ3n) is 3.42. The molecule has 0 aromatic rings. The van der Waals surface area contributed by atoms with E-state index >= 15 is 0 Å². The molecule has 0 bridgehead atoms. The Balaban J connectivity index is 2.63. The Labute approximate surface area is 106 Å². The normalized spacial score (nSPS) is 21.2. The third-order valence-corrected chi connectivity index (χ3v) is 5.26. The van der Waals surface area contributed by atoms with E-state index in [1.54, 1.807) is 0 Å². The molecular formula is C11H20F3NO2S. The van der Waals surface area contributed by atoms with E-state index in [1.807, 2.05) is 0 Å². The van der Waals surface area contributed by atoms with Crippen molar-refractivity contribution in [2.45, 2.75) is 39.8 Å². The second kappa shape index (κ2) is 5.00. The van der Waals surface area contributed by atoms with Crippen molar-refractivity contribution in [3.63, 3.8) is 0 Å². The highest BCUT2D eigenvalue weighted by molar-refractivity contribution is 7.89. The Kier molecular flexibility index (Phi) is 4.37. The number of hydrogen-bond donors (Lipinski definition) is 0. The van der Waals surface area contributed by atoms with Gasteiger partial charge in [-0.15, -0.1) is 0 Å². The molecule has 1 fully saturated rings. The van der Waals surface area contributed by atoms with E-state index in [9.17, 15) is 21.6 Å². The summed E-state index contributed by atoms with van der Waals surface area (Å²) in [4.78, 5) is 0. The summed E-state index contributed by atoms with van der Waals surface area (Å²) in [5, 5.41) is 0. The lowest BCUT2D eigenvalue weighted by Crippen LogP contribution is -2.44. The number of halogens is 3. The van der Waals surface area contributed by atoms with Crippen molar-refractivity contribution < 1.29 is 21.6 Å². The number of rotatable bonds is 2. The van der Waals surface area contributed by atoms with E-state index in [1.165, 1.54) is 0 Å². The van der Waals surface area contributed by atoms with Gasteiger partial charge >= 0.3 is 6.18 Å². The summed E-state index contributed by atoms with van der Waals surface area (Å²) in [5.74, 6) is -1.39. The molecule has 0 amide bonds. The molecule has 7 heteroatoms. The van der Waals surface area contributed by atoms with Gasteiger partial charge < -0.3 is 0 Å². The Bertz CT molecular complexity index is 376. The molecule has 0 aromatic heterocycles. The van der Waals surface area contributed by atoms with Crippen LogP contribution in [0.15, 0.2) is 0 Å². The van der Waals surface area contributed by atoms with Gasteiger partial charge in [-0.25, -0.2) is 12.7 Å². The summed E-state index contributed by atoms with van der Waals surface area (Å²) in [6.45, 7) is 6.59. The summed E-state index contributed by atoms with van der Waals surface area (Å²) < 4.78 is 60.6. The lowest BCUT2D eigenvalue weighted by molar-refractivity contribution is -0.107. The van der Waals surface area contributed by atoms with E-state index < -0.39 is 22.0 Å². The Morgan fingerprint density at radius 3 is 1.89 bits per heavy atom. The maximum atomic E-state index is 12.2. The molecule has 1 rings (SSSR count). The first-order valence-electron chi connectivity index (χ1n) is 5.96. The van der Waals surface area contributed by atoms with Crippen LogP contribution in [-0.4, -0.2) is 37.7 Å². The molecule has 3 nitrogen and oxygen atoms in total. The zero-order valence-corrected chi connectivity index (χ0v) is 11.7. The summed E-state index contributed by atoms with van der Waals surface area (Å²) in [7, 11) is -4.20. The lowest BCUT2D eigenvalue weighted by atomic mass is 9.76. The van der Waals surface area contributed by atoms with Crippen LogP contribution in [0.4, 0.5) is 13.2 Å². The van der Waals surface area contributed by atoms with Gasteiger partial charge in [-0.3, -0.25) is 0 Å². The van der Waals surface area contributed by atoms with Crippen molar-refractivity contribution in [2.24, 2.45) is 11.3 Å². The van der Waals surface area contributed by atoms with Gasteiger partial charge in [-0.05, 0) is 24.2 Å². The van der Waals surface area contributed by atoms with Gasteiger partial charge in [0.2, 0.25) is 10.0 Å². The maximum Gasteiger partial charge on any atom is 0.404 e.